The topological polar surface area (TPSA) is 61.6 Å². The Morgan fingerprint density at radius 3 is 2.48 bits per heavy atom. The van der Waals surface area contributed by atoms with E-state index in [-0.39, 0.29) is 18.0 Å². The van der Waals surface area contributed by atoms with Crippen molar-refractivity contribution in [2.45, 2.75) is 20.0 Å². The second kappa shape index (κ2) is 8.14. The van der Waals surface area contributed by atoms with Gasteiger partial charge in [0.2, 0.25) is 5.95 Å². The number of nitrogens with zero attached hydrogens (tertiary/aromatic N) is 4. The molecule has 0 saturated heterocycles. The van der Waals surface area contributed by atoms with Crippen molar-refractivity contribution in [1.82, 2.24) is 14.5 Å². The molecule has 2 aromatic carbocycles. The van der Waals surface area contributed by atoms with Crippen LogP contribution in [0, 0.1) is 12.7 Å². The molecule has 0 radical (unpaired) electrons. The first-order valence-corrected chi connectivity index (χ1v) is 9.57. The molecule has 1 aliphatic heterocycles. The summed E-state index contributed by atoms with van der Waals surface area (Å²) >= 11 is 0. The zero-order valence-corrected chi connectivity index (χ0v) is 16.3. The molecule has 1 aromatic heterocycles. The summed E-state index contributed by atoms with van der Waals surface area (Å²) in [4.78, 5) is 22.0. The number of aromatic nitrogens is 2. The summed E-state index contributed by atoms with van der Waals surface area (Å²) in [5, 5.41) is 9.41. The fourth-order valence-electron chi connectivity index (χ4n) is 3.63. The van der Waals surface area contributed by atoms with Crippen LogP contribution in [0.4, 0.5) is 16.0 Å². The number of rotatable bonds is 5. The molecule has 7 heteroatoms. The average Bonchev–Trinajstić information content (AvgIpc) is 2.73. The van der Waals surface area contributed by atoms with Crippen LogP contribution in [0.15, 0.2) is 59.4 Å². The smallest absolute Gasteiger partial charge is 0.259 e. The predicted molar refractivity (Wildman–Crippen MR) is 110 cm³/mol. The quantitative estimate of drug-likeness (QED) is 0.721. The number of halogens is 1. The van der Waals surface area contributed by atoms with Crippen LogP contribution in [0.2, 0.25) is 0 Å². The fourth-order valence-corrected chi connectivity index (χ4v) is 3.63. The summed E-state index contributed by atoms with van der Waals surface area (Å²) in [5.41, 5.74) is 3.04. The molecule has 0 fully saturated rings. The van der Waals surface area contributed by atoms with E-state index in [0.717, 1.165) is 11.3 Å². The maximum Gasteiger partial charge on any atom is 0.259 e. The van der Waals surface area contributed by atoms with Gasteiger partial charge >= 0.3 is 0 Å². The molecule has 0 amide bonds. The maximum atomic E-state index is 13.4. The summed E-state index contributed by atoms with van der Waals surface area (Å²) in [6, 6.07) is 15.9. The third-order valence-electron chi connectivity index (χ3n) is 5.15. The van der Waals surface area contributed by atoms with Gasteiger partial charge in [-0.15, -0.1) is 0 Å². The number of fused-ring (bicyclic) bond motifs is 1. The van der Waals surface area contributed by atoms with Crippen LogP contribution >= 0.6 is 0 Å². The Kier molecular flexibility index (Phi) is 5.42. The number of β-amino-alcohol motifs (C(OH)–C–C–N with tert-alkyl or cyclic N) is 1. The van der Waals surface area contributed by atoms with Crippen molar-refractivity contribution in [2.24, 2.45) is 0 Å². The van der Waals surface area contributed by atoms with Gasteiger partial charge in [0.25, 0.3) is 5.56 Å². The monoisotopic (exact) mass is 394 g/mol. The van der Waals surface area contributed by atoms with Crippen molar-refractivity contribution >= 4 is 11.6 Å². The molecular weight excluding hydrogens is 371 g/mol. The van der Waals surface area contributed by atoms with E-state index < -0.39 is 0 Å². The van der Waals surface area contributed by atoms with Crippen molar-refractivity contribution in [3.8, 4) is 0 Å². The number of aliphatic hydroxyl groups excluding tert-OH is 1. The Labute approximate surface area is 168 Å². The highest BCUT2D eigenvalue weighted by atomic mass is 19.1. The second-order valence-corrected chi connectivity index (χ2v) is 7.18. The van der Waals surface area contributed by atoms with Crippen LogP contribution in [0.25, 0.3) is 0 Å². The molecular formula is C22H23FN4O2. The minimum atomic E-state index is -0.322. The molecule has 4 rings (SSSR count). The zero-order chi connectivity index (χ0) is 20.4. The lowest BCUT2D eigenvalue weighted by molar-refractivity contribution is 0.152. The summed E-state index contributed by atoms with van der Waals surface area (Å²) in [7, 11) is 0. The highest BCUT2D eigenvalue weighted by Gasteiger charge is 2.27. The van der Waals surface area contributed by atoms with E-state index in [1.165, 1.54) is 12.1 Å². The van der Waals surface area contributed by atoms with E-state index in [1.54, 1.807) is 16.7 Å². The largest absolute Gasteiger partial charge is 0.395 e. The molecule has 1 aliphatic rings. The van der Waals surface area contributed by atoms with E-state index in [2.05, 4.69) is 0 Å². The minimum absolute atomic E-state index is 0.0164. The van der Waals surface area contributed by atoms with Crippen molar-refractivity contribution < 1.29 is 9.50 Å². The normalized spacial score (nSPS) is 14.1. The Hall–Kier alpha value is -3.03. The molecule has 1 N–H and O–H groups in total. The first-order valence-electron chi connectivity index (χ1n) is 9.57. The summed E-state index contributed by atoms with van der Waals surface area (Å²) in [6.07, 6.45) is 0.509. The van der Waals surface area contributed by atoms with Gasteiger partial charge in [-0.05, 0) is 36.8 Å². The Morgan fingerprint density at radius 1 is 1.07 bits per heavy atom. The maximum absolute atomic E-state index is 13.4. The number of anilines is 2. The number of benzene rings is 2. The van der Waals surface area contributed by atoms with E-state index >= 15 is 0 Å². The van der Waals surface area contributed by atoms with Gasteiger partial charge in [-0.3, -0.25) is 19.2 Å². The number of hydrogen-bond donors (Lipinski definition) is 1. The molecule has 2 heterocycles. The van der Waals surface area contributed by atoms with Crippen molar-refractivity contribution in [3.05, 3.63) is 87.6 Å². The number of aryl methyl sites for hydroxylation is 1. The van der Waals surface area contributed by atoms with E-state index in [1.807, 2.05) is 47.1 Å². The second-order valence-electron chi connectivity index (χ2n) is 7.18. The molecule has 3 aromatic rings. The predicted octanol–water partition coefficient (Wildman–Crippen LogP) is 2.64. The minimum Gasteiger partial charge on any atom is -0.395 e. The molecule has 29 heavy (non-hydrogen) atoms. The lowest BCUT2D eigenvalue weighted by Gasteiger charge is -2.38. The van der Waals surface area contributed by atoms with Gasteiger partial charge in [0, 0.05) is 24.2 Å². The van der Waals surface area contributed by atoms with Gasteiger partial charge in [0.1, 0.15) is 5.82 Å². The zero-order valence-electron chi connectivity index (χ0n) is 16.3. The Balaban J connectivity index is 1.80. The van der Waals surface area contributed by atoms with Gasteiger partial charge in [0.15, 0.2) is 0 Å². The number of aliphatic hydroxyl groups is 1. The molecule has 6 nitrogen and oxygen atoms in total. The van der Waals surface area contributed by atoms with E-state index in [9.17, 15) is 14.3 Å². The van der Waals surface area contributed by atoms with Crippen LogP contribution in [-0.4, -0.2) is 39.4 Å². The molecule has 0 unspecified atom stereocenters. The molecule has 0 atom stereocenters. The molecule has 0 bridgehead atoms. The van der Waals surface area contributed by atoms with Crippen molar-refractivity contribution in [3.63, 3.8) is 0 Å². The van der Waals surface area contributed by atoms with Crippen molar-refractivity contribution in [2.75, 3.05) is 24.7 Å². The van der Waals surface area contributed by atoms with Gasteiger partial charge in [-0.1, -0.05) is 30.3 Å². The lowest BCUT2D eigenvalue weighted by Crippen LogP contribution is -2.48. The van der Waals surface area contributed by atoms with Gasteiger partial charge in [-0.2, -0.15) is 0 Å². The summed E-state index contributed by atoms with van der Waals surface area (Å²) in [6.45, 7) is 3.06. The first-order chi connectivity index (χ1) is 14.1. The van der Waals surface area contributed by atoms with E-state index in [4.69, 9.17) is 4.98 Å². The summed E-state index contributed by atoms with van der Waals surface area (Å²) < 4.78 is 15.0. The molecule has 150 valence electrons. The summed E-state index contributed by atoms with van der Waals surface area (Å²) in [5.74, 6) is 0.211. The molecule has 0 saturated carbocycles. The van der Waals surface area contributed by atoms with Gasteiger partial charge in [-0.25, -0.2) is 9.37 Å². The van der Waals surface area contributed by atoms with Crippen LogP contribution in [0.5, 0.6) is 0 Å². The standard InChI is InChI=1S/C22H23FN4O2/c1-16-20(13-17-5-3-2-4-6-17)21(29)27-15-25(11-12-28)14-26(22(27)24-16)19-9-7-18(23)8-10-19/h2-10,28H,11-15H2,1H3. The van der Waals surface area contributed by atoms with Crippen LogP contribution in [-0.2, 0) is 13.1 Å². The first kappa shape index (κ1) is 19.3. The Morgan fingerprint density at radius 2 is 1.79 bits per heavy atom. The van der Waals surface area contributed by atoms with Crippen molar-refractivity contribution in [1.29, 1.82) is 0 Å². The molecule has 0 spiro atoms. The van der Waals surface area contributed by atoms with Crippen LogP contribution in [0.3, 0.4) is 0 Å². The highest BCUT2D eigenvalue weighted by Crippen LogP contribution is 2.28. The third kappa shape index (κ3) is 3.92. The molecule has 0 aliphatic carbocycles. The lowest BCUT2D eigenvalue weighted by atomic mass is 10.1. The van der Waals surface area contributed by atoms with Gasteiger partial charge < -0.3 is 5.11 Å². The van der Waals surface area contributed by atoms with E-state index in [0.29, 0.717) is 43.5 Å². The van der Waals surface area contributed by atoms with Crippen LogP contribution < -0.4 is 10.5 Å². The Bertz CT molecular complexity index is 1050. The van der Waals surface area contributed by atoms with Gasteiger partial charge in [0.05, 0.1) is 25.6 Å². The number of hydrogen-bond acceptors (Lipinski definition) is 5. The van der Waals surface area contributed by atoms with Crippen LogP contribution in [0.1, 0.15) is 16.8 Å². The average molecular weight is 394 g/mol. The highest BCUT2D eigenvalue weighted by molar-refractivity contribution is 5.58. The third-order valence-corrected chi connectivity index (χ3v) is 5.15. The SMILES string of the molecule is Cc1nc2n(c(=O)c1Cc1ccccc1)CN(CCO)CN2c1ccc(F)cc1. The fraction of sp³-hybridized carbons (Fsp3) is 0.273.